The van der Waals surface area contributed by atoms with Gasteiger partial charge in [0.05, 0.1) is 6.33 Å². The number of aryl methyl sites for hydroxylation is 1. The Balaban J connectivity index is 2.54. The molecule has 0 spiro atoms. The first-order valence-corrected chi connectivity index (χ1v) is 4.04. The SMILES string of the molecule is CC=CCOC(=O)c1nc[nH]c1C. The van der Waals surface area contributed by atoms with Gasteiger partial charge in [-0.1, -0.05) is 12.2 Å². The Kier molecular flexibility index (Phi) is 3.25. The second kappa shape index (κ2) is 4.45. The minimum absolute atomic E-state index is 0.293. The Labute approximate surface area is 76.6 Å². The average molecular weight is 180 g/mol. The number of allylic oxidation sites excluding steroid dienone is 1. The van der Waals surface area contributed by atoms with Gasteiger partial charge in [-0.2, -0.15) is 0 Å². The number of aromatic amines is 1. The zero-order valence-corrected chi connectivity index (χ0v) is 7.70. The van der Waals surface area contributed by atoms with Gasteiger partial charge in [0.25, 0.3) is 0 Å². The van der Waals surface area contributed by atoms with Gasteiger partial charge in [0, 0.05) is 5.69 Å². The molecule has 0 aromatic carbocycles. The van der Waals surface area contributed by atoms with Crippen molar-refractivity contribution in [1.29, 1.82) is 0 Å². The predicted molar refractivity (Wildman–Crippen MR) is 48.4 cm³/mol. The van der Waals surface area contributed by atoms with E-state index in [0.29, 0.717) is 12.3 Å². The maximum absolute atomic E-state index is 11.3. The van der Waals surface area contributed by atoms with E-state index < -0.39 is 5.97 Å². The maximum Gasteiger partial charge on any atom is 0.359 e. The zero-order valence-electron chi connectivity index (χ0n) is 7.70. The van der Waals surface area contributed by atoms with Gasteiger partial charge in [-0.25, -0.2) is 9.78 Å². The molecule has 0 radical (unpaired) electrons. The molecule has 1 N–H and O–H groups in total. The van der Waals surface area contributed by atoms with E-state index in [4.69, 9.17) is 4.74 Å². The molecule has 1 heterocycles. The number of rotatable bonds is 3. The third-order valence-electron chi connectivity index (χ3n) is 1.57. The van der Waals surface area contributed by atoms with Crippen molar-refractivity contribution in [2.75, 3.05) is 6.61 Å². The molecule has 0 aliphatic carbocycles. The number of nitrogens with zero attached hydrogens (tertiary/aromatic N) is 1. The topological polar surface area (TPSA) is 55.0 Å². The van der Waals surface area contributed by atoms with Gasteiger partial charge < -0.3 is 9.72 Å². The Morgan fingerprint density at radius 2 is 2.54 bits per heavy atom. The van der Waals surface area contributed by atoms with Crippen LogP contribution in [0.15, 0.2) is 18.5 Å². The van der Waals surface area contributed by atoms with E-state index >= 15 is 0 Å². The molecule has 13 heavy (non-hydrogen) atoms. The third-order valence-corrected chi connectivity index (χ3v) is 1.57. The average Bonchev–Trinajstić information content (AvgIpc) is 2.52. The number of carbonyl (C=O) groups excluding carboxylic acids is 1. The van der Waals surface area contributed by atoms with Crippen molar-refractivity contribution < 1.29 is 9.53 Å². The molecule has 4 heteroatoms. The molecule has 0 fully saturated rings. The van der Waals surface area contributed by atoms with Crippen molar-refractivity contribution in [3.05, 3.63) is 29.9 Å². The predicted octanol–water partition coefficient (Wildman–Crippen LogP) is 1.45. The summed E-state index contributed by atoms with van der Waals surface area (Å²) in [4.78, 5) is 17.9. The smallest absolute Gasteiger partial charge is 0.359 e. The minimum Gasteiger partial charge on any atom is -0.457 e. The highest BCUT2D eigenvalue weighted by Crippen LogP contribution is 2.02. The van der Waals surface area contributed by atoms with Crippen LogP contribution in [0.5, 0.6) is 0 Å². The highest BCUT2D eigenvalue weighted by Gasteiger charge is 2.11. The van der Waals surface area contributed by atoms with Crippen LogP contribution >= 0.6 is 0 Å². The minimum atomic E-state index is -0.392. The summed E-state index contributed by atoms with van der Waals surface area (Å²) in [6.45, 7) is 3.94. The second-order valence-electron chi connectivity index (χ2n) is 2.54. The monoisotopic (exact) mass is 180 g/mol. The van der Waals surface area contributed by atoms with Crippen molar-refractivity contribution in [1.82, 2.24) is 9.97 Å². The first-order chi connectivity index (χ1) is 6.25. The van der Waals surface area contributed by atoms with Gasteiger partial charge >= 0.3 is 5.97 Å². The van der Waals surface area contributed by atoms with Gasteiger partial charge in [-0.3, -0.25) is 0 Å². The molecule has 1 aromatic heterocycles. The Morgan fingerprint density at radius 3 is 3.08 bits per heavy atom. The molecular formula is C9H12N2O2. The van der Waals surface area contributed by atoms with Gasteiger partial charge in [-0.15, -0.1) is 0 Å². The molecule has 0 aliphatic rings. The van der Waals surface area contributed by atoms with Gasteiger partial charge in [-0.05, 0) is 13.8 Å². The fraction of sp³-hybridized carbons (Fsp3) is 0.333. The molecule has 0 bridgehead atoms. The molecule has 0 unspecified atom stereocenters. The normalized spacial score (nSPS) is 10.6. The molecule has 0 amide bonds. The lowest BCUT2D eigenvalue weighted by Gasteiger charge is -1.98. The van der Waals surface area contributed by atoms with Crippen LogP contribution in [0.4, 0.5) is 0 Å². The van der Waals surface area contributed by atoms with E-state index in [1.54, 1.807) is 13.0 Å². The van der Waals surface area contributed by atoms with Crippen LogP contribution in [0.25, 0.3) is 0 Å². The second-order valence-corrected chi connectivity index (χ2v) is 2.54. The van der Waals surface area contributed by atoms with Crippen molar-refractivity contribution in [3.63, 3.8) is 0 Å². The number of hydrogen-bond donors (Lipinski definition) is 1. The lowest BCUT2D eigenvalue weighted by atomic mass is 10.3. The highest BCUT2D eigenvalue weighted by atomic mass is 16.5. The molecule has 0 atom stereocenters. The van der Waals surface area contributed by atoms with Crippen LogP contribution < -0.4 is 0 Å². The van der Waals surface area contributed by atoms with E-state index in [-0.39, 0.29) is 0 Å². The summed E-state index contributed by atoms with van der Waals surface area (Å²) < 4.78 is 4.90. The molecule has 0 saturated carbocycles. The number of hydrogen-bond acceptors (Lipinski definition) is 3. The van der Waals surface area contributed by atoms with E-state index in [1.807, 2.05) is 13.0 Å². The summed E-state index contributed by atoms with van der Waals surface area (Å²) in [6.07, 6.45) is 5.06. The molecule has 0 saturated heterocycles. The Morgan fingerprint density at radius 1 is 1.77 bits per heavy atom. The largest absolute Gasteiger partial charge is 0.457 e. The van der Waals surface area contributed by atoms with Gasteiger partial charge in [0.15, 0.2) is 5.69 Å². The number of aromatic nitrogens is 2. The number of imidazole rings is 1. The van der Waals surface area contributed by atoms with Crippen LogP contribution in [0.1, 0.15) is 23.1 Å². The van der Waals surface area contributed by atoms with Crippen molar-refractivity contribution in [3.8, 4) is 0 Å². The van der Waals surface area contributed by atoms with Crippen LogP contribution in [-0.4, -0.2) is 22.5 Å². The van der Waals surface area contributed by atoms with Crippen LogP contribution in [0, 0.1) is 6.92 Å². The first kappa shape index (κ1) is 9.51. The molecule has 0 aliphatic heterocycles. The van der Waals surface area contributed by atoms with Crippen LogP contribution in [-0.2, 0) is 4.74 Å². The Bertz CT molecular complexity index is 315. The van der Waals surface area contributed by atoms with Crippen LogP contribution in [0.3, 0.4) is 0 Å². The third kappa shape index (κ3) is 2.43. The first-order valence-electron chi connectivity index (χ1n) is 4.04. The van der Waals surface area contributed by atoms with E-state index in [1.165, 1.54) is 6.33 Å². The molecular weight excluding hydrogens is 168 g/mol. The van der Waals surface area contributed by atoms with Crippen molar-refractivity contribution in [2.45, 2.75) is 13.8 Å². The number of H-pyrrole nitrogens is 1. The number of ether oxygens (including phenoxy) is 1. The van der Waals surface area contributed by atoms with E-state index in [9.17, 15) is 4.79 Å². The maximum atomic E-state index is 11.3. The zero-order chi connectivity index (χ0) is 9.68. The molecule has 70 valence electrons. The fourth-order valence-electron chi connectivity index (χ4n) is 0.853. The van der Waals surface area contributed by atoms with Crippen LogP contribution in [0.2, 0.25) is 0 Å². The van der Waals surface area contributed by atoms with Crippen molar-refractivity contribution in [2.24, 2.45) is 0 Å². The standard InChI is InChI=1S/C9H12N2O2/c1-3-4-5-13-9(12)8-7(2)10-6-11-8/h3-4,6H,5H2,1-2H3,(H,10,11). The number of esters is 1. The number of carbonyl (C=O) groups is 1. The lowest BCUT2D eigenvalue weighted by Crippen LogP contribution is -2.07. The Hall–Kier alpha value is -1.58. The van der Waals surface area contributed by atoms with Gasteiger partial charge in [0.2, 0.25) is 0 Å². The summed E-state index contributed by atoms with van der Waals surface area (Å²) in [5.41, 5.74) is 1.08. The summed E-state index contributed by atoms with van der Waals surface area (Å²) in [7, 11) is 0. The summed E-state index contributed by atoms with van der Waals surface area (Å²) in [5.74, 6) is -0.392. The van der Waals surface area contributed by atoms with Gasteiger partial charge in [0.1, 0.15) is 6.61 Å². The van der Waals surface area contributed by atoms with E-state index in [2.05, 4.69) is 9.97 Å². The van der Waals surface area contributed by atoms with E-state index in [0.717, 1.165) is 5.69 Å². The molecule has 4 nitrogen and oxygen atoms in total. The lowest BCUT2D eigenvalue weighted by molar-refractivity contribution is 0.0542. The summed E-state index contributed by atoms with van der Waals surface area (Å²) in [5, 5.41) is 0. The fourth-order valence-corrected chi connectivity index (χ4v) is 0.853. The van der Waals surface area contributed by atoms with Crippen molar-refractivity contribution >= 4 is 5.97 Å². The molecule has 1 rings (SSSR count). The summed E-state index contributed by atoms with van der Waals surface area (Å²) >= 11 is 0. The molecule has 1 aromatic rings. The summed E-state index contributed by atoms with van der Waals surface area (Å²) in [6, 6.07) is 0. The number of nitrogens with one attached hydrogen (secondary N) is 1. The quantitative estimate of drug-likeness (QED) is 0.565. The highest BCUT2D eigenvalue weighted by molar-refractivity contribution is 5.88.